The first-order valence-corrected chi connectivity index (χ1v) is 3.98. The first-order chi connectivity index (χ1) is 4.98. The Balaban J connectivity index is 3.70. The average Bonchev–Trinajstić information content (AvgIpc) is 1.81. The van der Waals surface area contributed by atoms with Crippen molar-refractivity contribution >= 4 is 5.97 Å². The highest BCUT2D eigenvalue weighted by atomic mass is 16.4. The summed E-state index contributed by atoms with van der Waals surface area (Å²) in [6.45, 7) is 3.85. The number of carbonyl (C=O) groups is 1. The maximum Gasteiger partial charge on any atom is 0.305 e. The Morgan fingerprint density at radius 1 is 1.64 bits per heavy atom. The van der Waals surface area contributed by atoms with Crippen molar-refractivity contribution in [2.24, 2.45) is 5.73 Å². The molecule has 0 aromatic rings. The molecule has 0 fully saturated rings. The van der Waals surface area contributed by atoms with Crippen molar-refractivity contribution in [3.05, 3.63) is 0 Å². The van der Waals surface area contributed by atoms with Crippen LogP contribution in [0.2, 0.25) is 0 Å². The van der Waals surface area contributed by atoms with Crippen LogP contribution in [0, 0.1) is 0 Å². The standard InChI is InChI=1S/C8H17NO2/c1-3-4-5-8(2,9)6-7(10)11/h3-6,9H2,1-2H3,(H,10,11). The van der Waals surface area contributed by atoms with Crippen molar-refractivity contribution in [2.75, 3.05) is 0 Å². The normalized spacial score (nSPS) is 15.9. The number of aliphatic carboxylic acids is 1. The fourth-order valence-electron chi connectivity index (χ4n) is 1.01. The summed E-state index contributed by atoms with van der Waals surface area (Å²) in [5.41, 5.74) is 5.20. The number of hydrogen-bond acceptors (Lipinski definition) is 2. The third-order valence-corrected chi connectivity index (χ3v) is 1.66. The topological polar surface area (TPSA) is 63.3 Å². The zero-order valence-electron chi connectivity index (χ0n) is 7.26. The monoisotopic (exact) mass is 159 g/mol. The van der Waals surface area contributed by atoms with E-state index >= 15 is 0 Å². The number of carboxylic acids is 1. The maximum atomic E-state index is 10.3. The van der Waals surface area contributed by atoms with Gasteiger partial charge < -0.3 is 10.8 Å². The van der Waals surface area contributed by atoms with Crippen LogP contribution in [0.1, 0.15) is 39.5 Å². The summed E-state index contributed by atoms with van der Waals surface area (Å²) in [6, 6.07) is 0. The van der Waals surface area contributed by atoms with Gasteiger partial charge in [0.25, 0.3) is 0 Å². The average molecular weight is 159 g/mol. The van der Waals surface area contributed by atoms with Crippen molar-refractivity contribution in [2.45, 2.75) is 45.1 Å². The molecule has 0 saturated carbocycles. The maximum absolute atomic E-state index is 10.3. The van der Waals surface area contributed by atoms with Crippen molar-refractivity contribution in [3.8, 4) is 0 Å². The van der Waals surface area contributed by atoms with Crippen LogP contribution >= 0.6 is 0 Å². The molecule has 0 bridgehead atoms. The Morgan fingerprint density at radius 2 is 2.18 bits per heavy atom. The molecule has 0 aromatic carbocycles. The molecule has 0 heterocycles. The van der Waals surface area contributed by atoms with Crippen molar-refractivity contribution in [1.29, 1.82) is 0 Å². The minimum atomic E-state index is -0.814. The first kappa shape index (κ1) is 10.4. The Hall–Kier alpha value is -0.570. The van der Waals surface area contributed by atoms with E-state index in [1.165, 1.54) is 0 Å². The third kappa shape index (κ3) is 5.85. The van der Waals surface area contributed by atoms with Crippen molar-refractivity contribution in [1.82, 2.24) is 0 Å². The predicted molar refractivity (Wildman–Crippen MR) is 44.4 cm³/mol. The lowest BCUT2D eigenvalue weighted by Gasteiger charge is -2.21. The Bertz CT molecular complexity index is 132. The Labute approximate surface area is 67.6 Å². The summed E-state index contributed by atoms with van der Waals surface area (Å²) in [5, 5.41) is 8.47. The molecule has 1 atom stereocenters. The molecule has 0 rings (SSSR count). The molecule has 0 aromatic heterocycles. The largest absolute Gasteiger partial charge is 0.481 e. The zero-order chi connectivity index (χ0) is 8.91. The van der Waals surface area contributed by atoms with Gasteiger partial charge in [0, 0.05) is 5.54 Å². The van der Waals surface area contributed by atoms with Crippen LogP contribution in [-0.2, 0) is 4.79 Å². The van der Waals surface area contributed by atoms with Gasteiger partial charge in [0.05, 0.1) is 6.42 Å². The quantitative estimate of drug-likeness (QED) is 0.636. The molecule has 0 saturated heterocycles. The molecule has 1 unspecified atom stereocenters. The van der Waals surface area contributed by atoms with Gasteiger partial charge in [0.15, 0.2) is 0 Å². The van der Waals surface area contributed by atoms with E-state index in [9.17, 15) is 4.79 Å². The van der Waals surface area contributed by atoms with E-state index in [0.717, 1.165) is 19.3 Å². The van der Waals surface area contributed by atoms with Gasteiger partial charge in [-0.05, 0) is 13.3 Å². The highest BCUT2D eigenvalue weighted by Gasteiger charge is 2.20. The van der Waals surface area contributed by atoms with E-state index in [1.54, 1.807) is 6.92 Å². The van der Waals surface area contributed by atoms with Crippen LogP contribution < -0.4 is 5.73 Å². The minimum Gasteiger partial charge on any atom is -0.481 e. The number of carboxylic acid groups (broad SMARTS) is 1. The van der Waals surface area contributed by atoms with Crippen LogP contribution in [-0.4, -0.2) is 16.6 Å². The van der Waals surface area contributed by atoms with Crippen LogP contribution in [0.4, 0.5) is 0 Å². The minimum absolute atomic E-state index is 0.0625. The first-order valence-electron chi connectivity index (χ1n) is 3.98. The molecule has 0 aliphatic heterocycles. The lowest BCUT2D eigenvalue weighted by atomic mass is 9.93. The second kappa shape index (κ2) is 4.34. The van der Waals surface area contributed by atoms with E-state index in [0.29, 0.717) is 0 Å². The summed E-state index contributed by atoms with van der Waals surface area (Å²) in [4.78, 5) is 10.3. The molecule has 0 spiro atoms. The predicted octanol–water partition coefficient (Wildman–Crippen LogP) is 1.37. The number of nitrogens with two attached hydrogens (primary N) is 1. The number of hydrogen-bond donors (Lipinski definition) is 2. The van der Waals surface area contributed by atoms with E-state index in [-0.39, 0.29) is 6.42 Å². The molecule has 11 heavy (non-hydrogen) atoms. The molecule has 3 nitrogen and oxygen atoms in total. The smallest absolute Gasteiger partial charge is 0.305 e. The lowest BCUT2D eigenvalue weighted by Crippen LogP contribution is -2.38. The van der Waals surface area contributed by atoms with E-state index in [4.69, 9.17) is 10.8 Å². The molecule has 0 aliphatic rings. The molecular formula is C8H17NO2. The molecule has 0 radical (unpaired) electrons. The second-order valence-corrected chi connectivity index (χ2v) is 3.33. The fourth-order valence-corrected chi connectivity index (χ4v) is 1.01. The van der Waals surface area contributed by atoms with Gasteiger partial charge in [-0.1, -0.05) is 19.8 Å². The highest BCUT2D eigenvalue weighted by Crippen LogP contribution is 2.14. The molecule has 3 heteroatoms. The third-order valence-electron chi connectivity index (χ3n) is 1.66. The number of unbranched alkanes of at least 4 members (excludes halogenated alkanes) is 1. The van der Waals surface area contributed by atoms with Crippen LogP contribution in [0.25, 0.3) is 0 Å². The van der Waals surface area contributed by atoms with E-state index in [2.05, 4.69) is 6.92 Å². The van der Waals surface area contributed by atoms with Gasteiger partial charge in [0.2, 0.25) is 0 Å². The van der Waals surface area contributed by atoms with Gasteiger partial charge in [-0.3, -0.25) is 4.79 Å². The summed E-state index contributed by atoms with van der Waals surface area (Å²) in [6.07, 6.45) is 2.91. The second-order valence-electron chi connectivity index (χ2n) is 3.33. The van der Waals surface area contributed by atoms with Gasteiger partial charge in [-0.15, -0.1) is 0 Å². The molecular weight excluding hydrogens is 142 g/mol. The summed E-state index contributed by atoms with van der Waals surface area (Å²) < 4.78 is 0. The van der Waals surface area contributed by atoms with Gasteiger partial charge in [-0.25, -0.2) is 0 Å². The van der Waals surface area contributed by atoms with Crippen LogP contribution in [0.15, 0.2) is 0 Å². The van der Waals surface area contributed by atoms with Crippen LogP contribution in [0.5, 0.6) is 0 Å². The van der Waals surface area contributed by atoms with Crippen molar-refractivity contribution in [3.63, 3.8) is 0 Å². The highest BCUT2D eigenvalue weighted by molar-refractivity contribution is 5.68. The van der Waals surface area contributed by atoms with Gasteiger partial charge >= 0.3 is 5.97 Å². The van der Waals surface area contributed by atoms with E-state index < -0.39 is 11.5 Å². The molecule has 66 valence electrons. The Kier molecular flexibility index (Phi) is 4.11. The molecule has 0 amide bonds. The molecule has 3 N–H and O–H groups in total. The summed E-state index contributed by atoms with van der Waals surface area (Å²) >= 11 is 0. The number of rotatable bonds is 5. The SMILES string of the molecule is CCCCC(C)(N)CC(=O)O. The summed E-state index contributed by atoms with van der Waals surface area (Å²) in [7, 11) is 0. The van der Waals surface area contributed by atoms with Gasteiger partial charge in [0.1, 0.15) is 0 Å². The Morgan fingerprint density at radius 3 is 2.55 bits per heavy atom. The van der Waals surface area contributed by atoms with Gasteiger partial charge in [-0.2, -0.15) is 0 Å². The fraction of sp³-hybridized carbons (Fsp3) is 0.875. The van der Waals surface area contributed by atoms with Crippen molar-refractivity contribution < 1.29 is 9.90 Å². The summed E-state index contributed by atoms with van der Waals surface area (Å²) in [5.74, 6) is -0.814. The lowest BCUT2D eigenvalue weighted by molar-refractivity contribution is -0.138. The zero-order valence-corrected chi connectivity index (χ0v) is 7.26. The van der Waals surface area contributed by atoms with E-state index in [1.807, 2.05) is 0 Å². The molecule has 0 aliphatic carbocycles. The van der Waals surface area contributed by atoms with Crippen LogP contribution in [0.3, 0.4) is 0 Å².